The summed E-state index contributed by atoms with van der Waals surface area (Å²) in [6.07, 6.45) is 1.68. The van der Waals surface area contributed by atoms with E-state index >= 15 is 0 Å². The molecule has 4 aromatic rings. The number of aromatic nitrogens is 1. The van der Waals surface area contributed by atoms with Gasteiger partial charge in [-0.3, -0.25) is 4.98 Å². The lowest BCUT2D eigenvalue weighted by Gasteiger charge is -2.04. The number of rotatable bonds is 3. The molecule has 0 aliphatic rings. The number of hydrogen-bond acceptors (Lipinski definition) is 4. The van der Waals surface area contributed by atoms with Crippen LogP contribution in [0.2, 0.25) is 5.02 Å². The highest BCUT2D eigenvalue weighted by molar-refractivity contribution is 6.30. The van der Waals surface area contributed by atoms with Crippen LogP contribution in [0.5, 0.6) is 0 Å². The molecule has 3 aromatic carbocycles. The Bertz CT molecular complexity index is 1100. The summed E-state index contributed by atoms with van der Waals surface area (Å²) in [5, 5.41) is 11.3. The summed E-state index contributed by atoms with van der Waals surface area (Å²) >= 11 is 6.03. The number of nitrogen functional groups attached to an aromatic ring is 1. The second kappa shape index (κ2) is 6.94. The summed E-state index contributed by atoms with van der Waals surface area (Å²) in [6, 6.07) is 23.1. The van der Waals surface area contributed by atoms with Crippen LogP contribution in [0.1, 0.15) is 0 Å². The first-order valence-corrected chi connectivity index (χ1v) is 8.49. The monoisotopic (exact) mass is 358 g/mol. The zero-order valence-corrected chi connectivity index (χ0v) is 14.6. The number of nitrogens with two attached hydrogens (primary N) is 1. The van der Waals surface area contributed by atoms with Gasteiger partial charge in [-0.25, -0.2) is 0 Å². The van der Waals surface area contributed by atoms with Gasteiger partial charge < -0.3 is 5.73 Å². The van der Waals surface area contributed by atoms with Crippen molar-refractivity contribution >= 4 is 39.4 Å². The Balaban J connectivity index is 1.60. The van der Waals surface area contributed by atoms with Gasteiger partial charge in [0.05, 0.1) is 17.6 Å². The van der Waals surface area contributed by atoms with Crippen LogP contribution in [0.3, 0.4) is 0 Å². The Kier molecular flexibility index (Phi) is 4.33. The molecule has 0 aliphatic carbocycles. The molecule has 1 aromatic heterocycles. The summed E-state index contributed by atoms with van der Waals surface area (Å²) < 4.78 is 0. The van der Waals surface area contributed by atoms with E-state index < -0.39 is 0 Å². The molecule has 5 heteroatoms. The topological polar surface area (TPSA) is 63.6 Å². The molecule has 4 rings (SSSR count). The largest absolute Gasteiger partial charge is 0.396 e. The van der Waals surface area contributed by atoms with Crippen LogP contribution in [0.25, 0.3) is 22.0 Å². The molecule has 0 amide bonds. The van der Waals surface area contributed by atoms with Crippen molar-refractivity contribution < 1.29 is 0 Å². The smallest absolute Gasteiger partial charge is 0.109 e. The van der Waals surface area contributed by atoms with Crippen molar-refractivity contribution in [2.75, 3.05) is 5.73 Å². The molecule has 2 N–H and O–H groups in total. The molecule has 126 valence electrons. The highest BCUT2D eigenvalue weighted by Gasteiger charge is 2.04. The van der Waals surface area contributed by atoms with E-state index in [-0.39, 0.29) is 0 Å². The second-order valence-corrected chi connectivity index (χ2v) is 6.27. The molecule has 0 fully saturated rings. The highest BCUT2D eigenvalue weighted by atomic mass is 35.5. The number of fused-ring (bicyclic) bond motifs is 1. The lowest BCUT2D eigenvalue weighted by molar-refractivity contribution is 1.20. The summed E-state index contributed by atoms with van der Waals surface area (Å²) in [6.45, 7) is 0. The van der Waals surface area contributed by atoms with Crippen LogP contribution < -0.4 is 5.73 Å². The van der Waals surface area contributed by atoms with Crippen molar-refractivity contribution in [2.45, 2.75) is 0 Å². The maximum absolute atomic E-state index is 6.22. The van der Waals surface area contributed by atoms with Crippen LogP contribution in [-0.4, -0.2) is 4.98 Å². The number of halogens is 1. The van der Waals surface area contributed by atoms with Crippen molar-refractivity contribution in [2.24, 2.45) is 10.2 Å². The molecule has 0 aliphatic heterocycles. The second-order valence-electron chi connectivity index (χ2n) is 5.83. The molecule has 0 atom stereocenters. The van der Waals surface area contributed by atoms with Crippen molar-refractivity contribution in [3.63, 3.8) is 0 Å². The number of benzene rings is 3. The molecule has 1 heterocycles. The molecule has 0 saturated carbocycles. The van der Waals surface area contributed by atoms with Gasteiger partial charge in [-0.1, -0.05) is 54.1 Å². The average Bonchev–Trinajstić information content (AvgIpc) is 2.68. The quantitative estimate of drug-likeness (QED) is 0.333. The predicted octanol–water partition coefficient (Wildman–Crippen LogP) is 6.55. The van der Waals surface area contributed by atoms with E-state index in [1.807, 2.05) is 72.8 Å². The zero-order chi connectivity index (χ0) is 17.9. The molecule has 4 nitrogen and oxygen atoms in total. The third kappa shape index (κ3) is 3.27. The number of azo groups is 1. The fraction of sp³-hybridized carbons (Fsp3) is 0. The third-order valence-corrected chi connectivity index (χ3v) is 4.32. The number of pyridine rings is 1. The van der Waals surface area contributed by atoms with Gasteiger partial charge >= 0.3 is 0 Å². The van der Waals surface area contributed by atoms with E-state index in [1.54, 1.807) is 6.20 Å². The number of anilines is 1. The lowest BCUT2D eigenvalue weighted by Crippen LogP contribution is -1.87. The molecule has 0 unspecified atom stereocenters. The Hall–Kier alpha value is -3.24. The summed E-state index contributed by atoms with van der Waals surface area (Å²) in [5.41, 5.74) is 9.92. The fourth-order valence-electron chi connectivity index (χ4n) is 2.75. The van der Waals surface area contributed by atoms with E-state index in [9.17, 15) is 0 Å². The summed E-state index contributed by atoms with van der Waals surface area (Å²) in [4.78, 5) is 4.43. The fourth-order valence-corrected chi connectivity index (χ4v) is 2.94. The van der Waals surface area contributed by atoms with Crippen LogP contribution in [0.4, 0.5) is 17.1 Å². The number of hydrogen-bond donors (Lipinski definition) is 1. The van der Waals surface area contributed by atoms with Crippen molar-refractivity contribution in [1.29, 1.82) is 0 Å². The Morgan fingerprint density at radius 2 is 1.73 bits per heavy atom. The van der Waals surface area contributed by atoms with Crippen LogP contribution >= 0.6 is 11.6 Å². The molecular formula is C21H15ClN4. The Morgan fingerprint density at radius 3 is 2.54 bits per heavy atom. The molecular weight excluding hydrogens is 344 g/mol. The van der Waals surface area contributed by atoms with E-state index in [0.717, 1.165) is 22.0 Å². The molecule has 0 radical (unpaired) electrons. The first-order valence-electron chi connectivity index (χ1n) is 8.12. The minimum atomic E-state index is 0.621. The lowest BCUT2D eigenvalue weighted by atomic mass is 10.1. The van der Waals surface area contributed by atoms with E-state index in [1.165, 1.54) is 0 Å². The predicted molar refractivity (Wildman–Crippen MR) is 107 cm³/mol. The van der Waals surface area contributed by atoms with Gasteiger partial charge in [-0.2, -0.15) is 0 Å². The molecule has 26 heavy (non-hydrogen) atoms. The Morgan fingerprint density at radius 1 is 0.846 bits per heavy atom. The van der Waals surface area contributed by atoms with E-state index in [4.69, 9.17) is 17.3 Å². The summed E-state index contributed by atoms with van der Waals surface area (Å²) in [7, 11) is 0. The van der Waals surface area contributed by atoms with E-state index in [0.29, 0.717) is 22.1 Å². The Labute approximate surface area is 156 Å². The van der Waals surface area contributed by atoms with E-state index in [2.05, 4.69) is 15.2 Å². The first kappa shape index (κ1) is 16.2. The van der Waals surface area contributed by atoms with Gasteiger partial charge in [-0.05, 0) is 35.7 Å². The van der Waals surface area contributed by atoms with Crippen molar-refractivity contribution in [3.05, 3.63) is 84.0 Å². The normalized spacial score (nSPS) is 11.3. The minimum absolute atomic E-state index is 0.621. The SMILES string of the molecule is Nc1c(N=Nc2ccc(-c3cccc(Cl)c3)nc2)ccc2ccccc12. The van der Waals surface area contributed by atoms with Crippen molar-refractivity contribution in [3.8, 4) is 11.3 Å². The average molecular weight is 359 g/mol. The van der Waals surface area contributed by atoms with Crippen LogP contribution in [-0.2, 0) is 0 Å². The van der Waals surface area contributed by atoms with Gasteiger partial charge in [0, 0.05) is 16.0 Å². The highest BCUT2D eigenvalue weighted by Crippen LogP contribution is 2.32. The standard InChI is InChI=1S/C21H15ClN4/c22-16-6-3-5-15(12-16)19-11-9-17(13-24-19)25-26-20-10-8-14-4-1-2-7-18(14)21(20)23/h1-13H,23H2. The summed E-state index contributed by atoms with van der Waals surface area (Å²) in [5.74, 6) is 0. The van der Waals surface area contributed by atoms with Gasteiger partial charge in [-0.15, -0.1) is 10.2 Å². The maximum Gasteiger partial charge on any atom is 0.109 e. The van der Waals surface area contributed by atoms with Crippen LogP contribution in [0.15, 0.2) is 89.2 Å². The molecule has 0 bridgehead atoms. The number of nitrogens with zero attached hydrogens (tertiary/aromatic N) is 3. The zero-order valence-electron chi connectivity index (χ0n) is 13.8. The third-order valence-electron chi connectivity index (χ3n) is 4.09. The maximum atomic E-state index is 6.22. The minimum Gasteiger partial charge on any atom is -0.396 e. The van der Waals surface area contributed by atoms with Crippen LogP contribution in [0, 0.1) is 0 Å². The first-order chi connectivity index (χ1) is 12.7. The van der Waals surface area contributed by atoms with Gasteiger partial charge in [0.25, 0.3) is 0 Å². The molecule has 0 saturated heterocycles. The van der Waals surface area contributed by atoms with Gasteiger partial charge in [0.15, 0.2) is 0 Å². The van der Waals surface area contributed by atoms with Crippen molar-refractivity contribution in [1.82, 2.24) is 4.98 Å². The van der Waals surface area contributed by atoms with Gasteiger partial charge in [0.1, 0.15) is 11.4 Å². The van der Waals surface area contributed by atoms with Gasteiger partial charge in [0.2, 0.25) is 0 Å². The molecule has 0 spiro atoms.